The van der Waals surface area contributed by atoms with Gasteiger partial charge < -0.3 is 29.2 Å². The molecule has 2 heterocycles. The first-order valence-electron chi connectivity index (χ1n) is 11.2. The molecule has 0 aliphatic rings. The molecule has 0 spiro atoms. The van der Waals surface area contributed by atoms with Crippen molar-refractivity contribution < 1.29 is 23.9 Å². The second-order valence-electron chi connectivity index (χ2n) is 8.57. The highest BCUT2D eigenvalue weighted by Crippen LogP contribution is 2.27. The molecule has 0 aliphatic carbocycles. The molecule has 0 aliphatic heterocycles. The quantitative estimate of drug-likeness (QED) is 0.114. The number of aromatic nitrogens is 2. The zero-order valence-corrected chi connectivity index (χ0v) is 21.6. The number of pyridine rings is 1. The Balaban J connectivity index is 1.70. The maximum Gasteiger partial charge on any atom is 0.418 e. The summed E-state index contributed by atoms with van der Waals surface area (Å²) >= 11 is 1.49. The van der Waals surface area contributed by atoms with E-state index in [0.29, 0.717) is 12.4 Å². The number of rotatable bonds is 9. The van der Waals surface area contributed by atoms with Crippen LogP contribution in [-0.4, -0.2) is 51.9 Å². The van der Waals surface area contributed by atoms with Gasteiger partial charge >= 0.3 is 17.8 Å². The maximum atomic E-state index is 12.3. The molecule has 0 N–H and O–H groups in total. The first-order chi connectivity index (χ1) is 17.1. The first-order valence-corrected chi connectivity index (χ1v) is 12.0. The number of allylic oxidation sites excluding steroid dienone is 2. The van der Waals surface area contributed by atoms with Gasteiger partial charge in [0, 0.05) is 30.2 Å². The van der Waals surface area contributed by atoms with Gasteiger partial charge in [-0.15, -0.1) is 11.3 Å². The van der Waals surface area contributed by atoms with Crippen LogP contribution in [0.4, 0.5) is 10.6 Å². The summed E-state index contributed by atoms with van der Waals surface area (Å²) in [6.07, 6.45) is 6.10. The Hall–Kier alpha value is -3.83. The number of carbonyl (C=O) groups excluding carboxylic acids is 1. The van der Waals surface area contributed by atoms with Crippen LogP contribution in [0.25, 0.3) is 22.4 Å². The second-order valence-corrected chi connectivity index (χ2v) is 9.63. The van der Waals surface area contributed by atoms with Gasteiger partial charge in [-0.2, -0.15) is 0 Å². The van der Waals surface area contributed by atoms with Gasteiger partial charge in [-0.1, -0.05) is 12.2 Å². The van der Waals surface area contributed by atoms with Crippen molar-refractivity contribution in [3.63, 3.8) is 0 Å². The predicted molar refractivity (Wildman–Crippen MR) is 139 cm³/mol. The maximum absolute atomic E-state index is 12.3. The van der Waals surface area contributed by atoms with Crippen LogP contribution in [0.15, 0.2) is 42.5 Å². The first kappa shape index (κ1) is 26.8. The van der Waals surface area contributed by atoms with Crippen LogP contribution < -0.4 is 9.47 Å². The Morgan fingerprint density at radius 1 is 1.17 bits per heavy atom. The van der Waals surface area contributed by atoms with Crippen molar-refractivity contribution in [3.05, 3.63) is 63.2 Å². The van der Waals surface area contributed by atoms with Crippen molar-refractivity contribution in [2.75, 3.05) is 20.4 Å². The van der Waals surface area contributed by atoms with Gasteiger partial charge in [-0.05, 0) is 69.0 Å². The lowest BCUT2D eigenvalue weighted by molar-refractivity contribution is -0.389. The molecule has 11 heteroatoms. The molecule has 190 valence electrons. The lowest BCUT2D eigenvalue weighted by Crippen LogP contribution is -2.44. The van der Waals surface area contributed by atoms with Crippen LogP contribution in [0.1, 0.15) is 38.3 Å². The molecule has 0 saturated heterocycles. The van der Waals surface area contributed by atoms with Crippen molar-refractivity contribution in [1.29, 1.82) is 0 Å². The molecule has 0 fully saturated rings. The summed E-state index contributed by atoms with van der Waals surface area (Å²) < 4.78 is 16.9. The minimum Gasteiger partial charge on any atom is -0.468 e. The van der Waals surface area contributed by atoms with Crippen molar-refractivity contribution in [2.24, 2.45) is 0 Å². The van der Waals surface area contributed by atoms with Gasteiger partial charge in [0.05, 0.1) is 15.8 Å². The average Bonchev–Trinajstić information content (AvgIpc) is 3.23. The van der Waals surface area contributed by atoms with Gasteiger partial charge in [0.15, 0.2) is 6.79 Å². The highest BCUT2D eigenvalue weighted by atomic mass is 32.1. The lowest BCUT2D eigenvalue weighted by Gasteiger charge is -2.30. The summed E-state index contributed by atoms with van der Waals surface area (Å²) in [6, 6.07) is 8.52. The van der Waals surface area contributed by atoms with Crippen molar-refractivity contribution in [3.8, 4) is 11.6 Å². The second kappa shape index (κ2) is 11.7. The van der Waals surface area contributed by atoms with E-state index in [1.165, 1.54) is 28.4 Å². The van der Waals surface area contributed by atoms with E-state index in [2.05, 4.69) is 9.97 Å². The highest BCUT2D eigenvalue weighted by molar-refractivity contribution is 7.19. The van der Waals surface area contributed by atoms with Crippen molar-refractivity contribution >= 4 is 45.6 Å². The molecule has 0 saturated carbocycles. The molecule has 0 radical (unpaired) electrons. The molecule has 1 amide bonds. The van der Waals surface area contributed by atoms with E-state index in [1.54, 1.807) is 31.4 Å². The van der Waals surface area contributed by atoms with Crippen LogP contribution in [0.3, 0.4) is 0 Å². The van der Waals surface area contributed by atoms with E-state index in [1.807, 2.05) is 45.9 Å². The lowest BCUT2D eigenvalue weighted by atomic mass is 10.1. The fourth-order valence-corrected chi connectivity index (χ4v) is 3.69. The molecule has 36 heavy (non-hydrogen) atoms. The SMILES string of the molecule is CCOCOc1ccc2nc(/C=C/C=C/c3ccc(OC(=O)N(C)C(C)(C)C)nc3[N+](=O)[O-])sc2c1. The summed E-state index contributed by atoms with van der Waals surface area (Å²) in [5.41, 5.74) is 0.643. The number of benzene rings is 1. The van der Waals surface area contributed by atoms with Crippen LogP contribution >= 0.6 is 11.3 Å². The fourth-order valence-electron chi connectivity index (χ4n) is 2.78. The number of nitrogens with zero attached hydrogens (tertiary/aromatic N) is 4. The van der Waals surface area contributed by atoms with Gasteiger partial charge in [0.1, 0.15) is 10.8 Å². The molecule has 0 atom stereocenters. The Morgan fingerprint density at radius 3 is 2.61 bits per heavy atom. The van der Waals surface area contributed by atoms with E-state index < -0.39 is 22.4 Å². The topological polar surface area (TPSA) is 117 Å². The summed E-state index contributed by atoms with van der Waals surface area (Å²) in [6.45, 7) is 8.20. The molecular weight excluding hydrogens is 484 g/mol. The van der Waals surface area contributed by atoms with Crippen molar-refractivity contribution in [2.45, 2.75) is 33.2 Å². The Morgan fingerprint density at radius 2 is 1.92 bits per heavy atom. The molecule has 3 rings (SSSR count). The normalized spacial score (nSPS) is 11.9. The largest absolute Gasteiger partial charge is 0.468 e. The number of carbonyl (C=O) groups is 1. The summed E-state index contributed by atoms with van der Waals surface area (Å²) in [5, 5.41) is 12.3. The fraction of sp³-hybridized carbons (Fsp3) is 0.320. The van der Waals surface area contributed by atoms with E-state index in [9.17, 15) is 14.9 Å². The zero-order chi connectivity index (χ0) is 26.3. The number of hydrogen-bond donors (Lipinski definition) is 0. The summed E-state index contributed by atoms with van der Waals surface area (Å²) in [7, 11) is 1.58. The number of hydrogen-bond acceptors (Lipinski definition) is 9. The third-order valence-corrected chi connectivity index (χ3v) is 6.02. The Bertz CT molecular complexity index is 1300. The third-order valence-electron chi connectivity index (χ3n) is 5.04. The Labute approximate surface area is 213 Å². The van der Waals surface area contributed by atoms with E-state index in [-0.39, 0.29) is 18.2 Å². The van der Waals surface area contributed by atoms with Gasteiger partial charge in [-0.25, -0.2) is 9.78 Å². The van der Waals surface area contributed by atoms with E-state index in [4.69, 9.17) is 14.2 Å². The van der Waals surface area contributed by atoms with Gasteiger partial charge in [-0.3, -0.25) is 0 Å². The van der Waals surface area contributed by atoms with Gasteiger partial charge in [0.25, 0.3) is 0 Å². The van der Waals surface area contributed by atoms with E-state index >= 15 is 0 Å². The van der Waals surface area contributed by atoms with Gasteiger partial charge in [0.2, 0.25) is 0 Å². The smallest absolute Gasteiger partial charge is 0.418 e. The molecule has 3 aromatic rings. The average molecular weight is 513 g/mol. The molecule has 0 unspecified atom stereocenters. The number of thiazole rings is 1. The third kappa shape index (κ3) is 7.09. The minimum absolute atomic E-state index is 0.144. The van der Waals surface area contributed by atoms with Crippen molar-refractivity contribution in [1.82, 2.24) is 14.9 Å². The predicted octanol–water partition coefficient (Wildman–Crippen LogP) is 5.93. The number of ether oxygens (including phenoxy) is 3. The van der Waals surface area contributed by atoms with E-state index in [0.717, 1.165) is 15.2 Å². The molecular formula is C25H28N4O6S. The molecule has 0 bridgehead atoms. The summed E-state index contributed by atoms with van der Waals surface area (Å²) in [4.78, 5) is 33.0. The Kier molecular flexibility index (Phi) is 8.73. The number of fused-ring (bicyclic) bond motifs is 1. The minimum atomic E-state index is -0.653. The zero-order valence-electron chi connectivity index (χ0n) is 20.8. The molecule has 2 aromatic heterocycles. The number of nitro groups is 1. The standard InChI is InChI=1S/C25H28N4O6S/c1-6-33-16-34-18-12-13-19-20(15-18)36-22(26-19)10-8-7-9-17-11-14-21(27-23(17)29(31)32)35-24(30)28(5)25(2,3)4/h7-15H,6,16H2,1-5H3/b9-7+,10-8+. The van der Waals surface area contributed by atoms with Crippen LogP contribution in [0.5, 0.6) is 11.6 Å². The number of amides is 1. The highest BCUT2D eigenvalue weighted by Gasteiger charge is 2.26. The monoisotopic (exact) mass is 512 g/mol. The van der Waals surface area contributed by atoms with Crippen LogP contribution in [0.2, 0.25) is 0 Å². The van der Waals surface area contributed by atoms with Crippen LogP contribution in [-0.2, 0) is 4.74 Å². The van der Waals surface area contributed by atoms with Crippen LogP contribution in [0, 0.1) is 10.1 Å². The molecule has 10 nitrogen and oxygen atoms in total. The molecule has 1 aromatic carbocycles. The summed E-state index contributed by atoms with van der Waals surface area (Å²) in [5.74, 6) is 0.145.